The number of fused-ring (bicyclic) bond motifs is 1. The van der Waals surface area contributed by atoms with Gasteiger partial charge >= 0.3 is 5.97 Å². The number of phenolic OH excluding ortho intramolecular Hbond substituents is 1. The van der Waals surface area contributed by atoms with E-state index in [-0.39, 0.29) is 29.4 Å². The number of aromatic hydroxyl groups is 1. The Bertz CT molecular complexity index is 830. The number of carbonyl (C=O) groups excluding carboxylic acids is 3. The van der Waals surface area contributed by atoms with Gasteiger partial charge in [0.1, 0.15) is 17.1 Å². The molecule has 0 atom stereocenters. The summed E-state index contributed by atoms with van der Waals surface area (Å²) in [7, 11) is 0. The van der Waals surface area contributed by atoms with Crippen molar-refractivity contribution in [2.24, 2.45) is 0 Å². The van der Waals surface area contributed by atoms with Crippen LogP contribution in [0.5, 0.6) is 11.5 Å². The number of hydrogen-bond donors (Lipinski definition) is 2. The molecule has 0 aliphatic carbocycles. The lowest BCUT2D eigenvalue weighted by Gasteiger charge is -2.18. The molecule has 3 rings (SSSR count). The molecule has 1 aliphatic rings. The van der Waals surface area contributed by atoms with E-state index in [2.05, 4.69) is 5.32 Å². The molecule has 0 fully saturated rings. The Balaban J connectivity index is 1.67. The van der Waals surface area contributed by atoms with Gasteiger partial charge in [-0.05, 0) is 30.3 Å². The Morgan fingerprint density at radius 1 is 1.21 bits per heavy atom. The Labute approximate surface area is 136 Å². The highest BCUT2D eigenvalue weighted by atomic mass is 16.5. The number of rotatable bonds is 4. The molecule has 7 heteroatoms. The molecule has 2 N–H and O–H groups in total. The van der Waals surface area contributed by atoms with Crippen LogP contribution >= 0.6 is 0 Å². The van der Waals surface area contributed by atoms with Crippen molar-refractivity contribution >= 4 is 23.3 Å². The second kappa shape index (κ2) is 6.41. The molecule has 7 nitrogen and oxygen atoms in total. The number of amides is 1. The van der Waals surface area contributed by atoms with Crippen molar-refractivity contribution in [3.63, 3.8) is 0 Å². The quantitative estimate of drug-likeness (QED) is 0.655. The van der Waals surface area contributed by atoms with E-state index in [1.165, 1.54) is 24.3 Å². The lowest BCUT2D eigenvalue weighted by molar-refractivity contribution is -0.118. The molecule has 0 aromatic heterocycles. The molecule has 1 amide bonds. The zero-order valence-electron chi connectivity index (χ0n) is 12.4. The zero-order valence-corrected chi connectivity index (χ0v) is 12.4. The molecule has 0 unspecified atom stereocenters. The van der Waals surface area contributed by atoms with Gasteiger partial charge in [-0.3, -0.25) is 9.59 Å². The van der Waals surface area contributed by atoms with E-state index in [1.807, 2.05) is 0 Å². The number of para-hydroxylation sites is 1. The number of carbonyl (C=O) groups is 3. The minimum atomic E-state index is -0.795. The third-order valence-corrected chi connectivity index (χ3v) is 3.39. The maximum absolute atomic E-state index is 12.1. The SMILES string of the molecule is O=C1COc2ccc(C(=O)COC(=O)c3ccccc3O)cc2N1. The highest BCUT2D eigenvalue weighted by Gasteiger charge is 2.19. The molecule has 1 aliphatic heterocycles. The first kappa shape index (κ1) is 15.5. The summed E-state index contributed by atoms with van der Waals surface area (Å²) in [5.41, 5.74) is 0.644. The Kier molecular flexibility index (Phi) is 4.15. The van der Waals surface area contributed by atoms with Crippen LogP contribution in [0.3, 0.4) is 0 Å². The summed E-state index contributed by atoms with van der Waals surface area (Å²) in [4.78, 5) is 35.3. The molecule has 122 valence electrons. The van der Waals surface area contributed by atoms with Gasteiger partial charge in [-0.25, -0.2) is 4.79 Å². The molecule has 0 saturated heterocycles. The van der Waals surface area contributed by atoms with Crippen LogP contribution in [0.4, 0.5) is 5.69 Å². The van der Waals surface area contributed by atoms with Crippen molar-refractivity contribution in [2.45, 2.75) is 0 Å². The lowest BCUT2D eigenvalue weighted by atomic mass is 10.1. The third kappa shape index (κ3) is 3.19. The van der Waals surface area contributed by atoms with Crippen LogP contribution in [0.25, 0.3) is 0 Å². The Morgan fingerprint density at radius 3 is 2.79 bits per heavy atom. The second-order valence-corrected chi connectivity index (χ2v) is 5.06. The van der Waals surface area contributed by atoms with Crippen LogP contribution < -0.4 is 10.1 Å². The van der Waals surface area contributed by atoms with Gasteiger partial charge in [0, 0.05) is 5.56 Å². The van der Waals surface area contributed by atoms with Crippen LogP contribution in [0, 0.1) is 0 Å². The number of nitrogens with one attached hydrogen (secondary N) is 1. The van der Waals surface area contributed by atoms with Gasteiger partial charge in [-0.15, -0.1) is 0 Å². The largest absolute Gasteiger partial charge is 0.507 e. The van der Waals surface area contributed by atoms with Crippen LogP contribution in [0.1, 0.15) is 20.7 Å². The van der Waals surface area contributed by atoms with Crippen molar-refractivity contribution in [1.29, 1.82) is 0 Å². The maximum Gasteiger partial charge on any atom is 0.342 e. The van der Waals surface area contributed by atoms with E-state index in [9.17, 15) is 19.5 Å². The van der Waals surface area contributed by atoms with Gasteiger partial charge in [-0.2, -0.15) is 0 Å². The lowest BCUT2D eigenvalue weighted by Crippen LogP contribution is -2.25. The van der Waals surface area contributed by atoms with Crippen molar-refractivity contribution in [3.05, 3.63) is 53.6 Å². The number of esters is 1. The molecule has 0 radical (unpaired) electrons. The van der Waals surface area contributed by atoms with E-state index in [0.717, 1.165) is 0 Å². The van der Waals surface area contributed by atoms with Crippen molar-refractivity contribution in [3.8, 4) is 11.5 Å². The third-order valence-electron chi connectivity index (χ3n) is 3.39. The molecule has 0 saturated carbocycles. The highest BCUT2D eigenvalue weighted by Crippen LogP contribution is 2.28. The second-order valence-electron chi connectivity index (χ2n) is 5.06. The first-order valence-electron chi connectivity index (χ1n) is 7.09. The number of hydrogen-bond acceptors (Lipinski definition) is 6. The van der Waals surface area contributed by atoms with Crippen molar-refractivity contribution in [1.82, 2.24) is 0 Å². The fourth-order valence-electron chi connectivity index (χ4n) is 2.19. The van der Waals surface area contributed by atoms with Gasteiger partial charge in [0.25, 0.3) is 5.91 Å². The van der Waals surface area contributed by atoms with Crippen LogP contribution in [0.2, 0.25) is 0 Å². The Morgan fingerprint density at radius 2 is 2.00 bits per heavy atom. The van der Waals surface area contributed by atoms with Gasteiger partial charge in [0.05, 0.1) is 5.69 Å². The van der Waals surface area contributed by atoms with Gasteiger partial charge in [-0.1, -0.05) is 12.1 Å². The first-order valence-corrected chi connectivity index (χ1v) is 7.09. The topological polar surface area (TPSA) is 102 Å². The van der Waals surface area contributed by atoms with Crippen LogP contribution in [-0.4, -0.2) is 36.0 Å². The standard InChI is InChI=1S/C17H13NO6/c19-13-4-2-1-3-11(13)17(22)24-8-14(20)10-5-6-15-12(7-10)18-16(21)9-23-15/h1-7,19H,8-9H2,(H,18,21). The number of Topliss-reactive ketones (excluding diaryl/α,β-unsaturated/α-hetero) is 1. The van der Waals surface area contributed by atoms with E-state index in [0.29, 0.717) is 11.4 Å². The Hall–Kier alpha value is -3.35. The smallest absolute Gasteiger partial charge is 0.342 e. The molecule has 24 heavy (non-hydrogen) atoms. The van der Waals surface area contributed by atoms with E-state index < -0.39 is 18.4 Å². The van der Waals surface area contributed by atoms with E-state index in [4.69, 9.17) is 9.47 Å². The molecule has 1 heterocycles. The number of anilines is 1. The zero-order chi connectivity index (χ0) is 17.1. The summed E-state index contributed by atoms with van der Waals surface area (Å²) >= 11 is 0. The van der Waals surface area contributed by atoms with E-state index >= 15 is 0 Å². The summed E-state index contributed by atoms with van der Waals surface area (Å²) in [6.07, 6.45) is 0. The average molecular weight is 327 g/mol. The van der Waals surface area contributed by atoms with Crippen molar-refractivity contribution in [2.75, 3.05) is 18.5 Å². The summed E-state index contributed by atoms with van der Waals surface area (Å²) in [5, 5.41) is 12.2. The predicted molar refractivity (Wildman–Crippen MR) is 83.3 cm³/mol. The molecule has 2 aromatic rings. The summed E-state index contributed by atoms with van der Waals surface area (Å²) in [5.74, 6) is -1.29. The summed E-state index contributed by atoms with van der Waals surface area (Å²) in [6, 6.07) is 10.4. The molecule has 2 aromatic carbocycles. The van der Waals surface area contributed by atoms with Crippen LogP contribution in [-0.2, 0) is 9.53 Å². The highest BCUT2D eigenvalue weighted by molar-refractivity contribution is 6.02. The monoisotopic (exact) mass is 327 g/mol. The predicted octanol–water partition coefficient (Wildman–Crippen LogP) is 1.76. The maximum atomic E-state index is 12.1. The van der Waals surface area contributed by atoms with Crippen LogP contribution in [0.15, 0.2) is 42.5 Å². The average Bonchev–Trinajstić information content (AvgIpc) is 2.59. The molecular weight excluding hydrogens is 314 g/mol. The summed E-state index contributed by atoms with van der Waals surface area (Å²) in [6.45, 7) is -0.556. The van der Waals surface area contributed by atoms with Gasteiger partial charge in [0.2, 0.25) is 0 Å². The number of phenols is 1. The molecular formula is C17H13NO6. The minimum Gasteiger partial charge on any atom is -0.507 e. The number of ketones is 1. The number of benzene rings is 2. The first-order chi connectivity index (χ1) is 11.5. The summed E-state index contributed by atoms with van der Waals surface area (Å²) < 4.78 is 10.1. The normalized spacial score (nSPS) is 12.6. The molecule has 0 bridgehead atoms. The molecule has 0 spiro atoms. The van der Waals surface area contributed by atoms with Gasteiger partial charge in [0.15, 0.2) is 19.0 Å². The number of ether oxygens (including phenoxy) is 2. The van der Waals surface area contributed by atoms with Gasteiger partial charge < -0.3 is 19.9 Å². The van der Waals surface area contributed by atoms with E-state index in [1.54, 1.807) is 18.2 Å². The minimum absolute atomic E-state index is 0.0172. The fraction of sp³-hybridized carbons (Fsp3) is 0.118. The fourth-order valence-corrected chi connectivity index (χ4v) is 2.19. The van der Waals surface area contributed by atoms with Crippen molar-refractivity contribution < 1.29 is 29.0 Å².